The molecule has 2 N–H and O–H groups in total. The van der Waals surface area contributed by atoms with Crippen molar-refractivity contribution in [2.45, 2.75) is 19.7 Å². The second-order valence-electron chi connectivity index (χ2n) is 7.02. The number of nitrogens with zero attached hydrogens (tertiary/aromatic N) is 1. The Morgan fingerprint density at radius 3 is 2.48 bits per heavy atom. The Morgan fingerprint density at radius 2 is 1.73 bits per heavy atom. The van der Waals surface area contributed by atoms with Crippen molar-refractivity contribution in [2.24, 2.45) is 5.10 Å². The summed E-state index contributed by atoms with van der Waals surface area (Å²) in [5.74, 6) is -1.69. The van der Waals surface area contributed by atoms with Crippen molar-refractivity contribution in [3.05, 3.63) is 95.1 Å². The van der Waals surface area contributed by atoms with Gasteiger partial charge >= 0.3 is 18.0 Å². The summed E-state index contributed by atoms with van der Waals surface area (Å²) in [6.07, 6.45) is -3.25. The monoisotopic (exact) mass is 455 g/mol. The summed E-state index contributed by atoms with van der Waals surface area (Å²) in [6.45, 7) is 2.38. The zero-order valence-corrected chi connectivity index (χ0v) is 17.5. The van der Waals surface area contributed by atoms with Gasteiger partial charge in [-0.25, -0.2) is 5.43 Å². The number of hydrazone groups is 1. The number of halogens is 3. The molecule has 0 heterocycles. The van der Waals surface area contributed by atoms with Crippen molar-refractivity contribution in [1.82, 2.24) is 5.43 Å². The highest BCUT2D eigenvalue weighted by Gasteiger charge is 2.30. The van der Waals surface area contributed by atoms with Gasteiger partial charge in [-0.05, 0) is 53.9 Å². The second-order valence-corrected chi connectivity index (χ2v) is 7.02. The summed E-state index contributed by atoms with van der Waals surface area (Å²) >= 11 is 0. The Bertz CT molecular complexity index is 1180. The van der Waals surface area contributed by atoms with E-state index in [-0.39, 0.29) is 5.69 Å². The first-order valence-corrected chi connectivity index (χ1v) is 9.81. The number of ether oxygens (including phenoxy) is 1. The normalized spacial score (nSPS) is 11.3. The predicted molar refractivity (Wildman–Crippen MR) is 118 cm³/mol. The van der Waals surface area contributed by atoms with Gasteiger partial charge in [-0.1, -0.05) is 42.5 Å². The van der Waals surface area contributed by atoms with E-state index in [4.69, 9.17) is 4.74 Å². The molecular weight excluding hydrogens is 435 g/mol. The van der Waals surface area contributed by atoms with Crippen LogP contribution in [0.3, 0.4) is 0 Å². The highest BCUT2D eigenvalue weighted by atomic mass is 19.4. The van der Waals surface area contributed by atoms with Gasteiger partial charge in [0.05, 0.1) is 11.8 Å². The van der Waals surface area contributed by atoms with Gasteiger partial charge in [0, 0.05) is 5.69 Å². The van der Waals surface area contributed by atoms with Crippen molar-refractivity contribution in [2.75, 3.05) is 5.32 Å². The molecule has 0 saturated carbocycles. The fourth-order valence-corrected chi connectivity index (χ4v) is 2.80. The lowest BCUT2D eigenvalue weighted by Gasteiger charge is -2.09. The minimum absolute atomic E-state index is 0.160. The molecule has 33 heavy (non-hydrogen) atoms. The van der Waals surface area contributed by atoms with Crippen molar-refractivity contribution in [3.8, 4) is 5.75 Å². The average Bonchev–Trinajstić information content (AvgIpc) is 2.78. The molecule has 3 rings (SSSR count). The van der Waals surface area contributed by atoms with E-state index in [9.17, 15) is 22.8 Å². The van der Waals surface area contributed by atoms with Crippen LogP contribution in [0.2, 0.25) is 0 Å². The number of amides is 2. The number of aryl methyl sites for hydroxylation is 1. The van der Waals surface area contributed by atoms with E-state index >= 15 is 0 Å². The van der Waals surface area contributed by atoms with Gasteiger partial charge in [0.15, 0.2) is 0 Å². The summed E-state index contributed by atoms with van der Waals surface area (Å²) in [4.78, 5) is 23.8. The SMILES string of the molecule is Cc1ccccc1COc1cccc(/C=N/NC(=O)C(=O)Nc2cccc(C(F)(F)F)c2)c1. The van der Waals surface area contributed by atoms with Gasteiger partial charge in [0.25, 0.3) is 0 Å². The number of hydrogen-bond donors (Lipinski definition) is 2. The smallest absolute Gasteiger partial charge is 0.416 e. The molecule has 0 aliphatic heterocycles. The Labute approximate surface area is 188 Å². The number of hydrogen-bond acceptors (Lipinski definition) is 4. The number of carbonyl (C=O) groups excluding carboxylic acids is 2. The maximum Gasteiger partial charge on any atom is 0.416 e. The molecule has 170 valence electrons. The number of alkyl halides is 3. The standard InChI is InChI=1S/C24H20F3N3O3/c1-16-6-2-3-8-18(16)15-33-21-11-4-7-17(12-21)14-28-30-23(32)22(31)29-20-10-5-9-19(13-20)24(25,26)27/h2-14H,15H2,1H3,(H,29,31)(H,30,32)/b28-14+. The largest absolute Gasteiger partial charge is 0.489 e. The van der Waals surface area contributed by atoms with E-state index in [2.05, 4.69) is 10.4 Å². The third kappa shape index (κ3) is 6.93. The van der Waals surface area contributed by atoms with Gasteiger partial charge in [0.2, 0.25) is 0 Å². The number of rotatable bonds is 6. The quantitative estimate of drug-likeness (QED) is 0.322. The van der Waals surface area contributed by atoms with Crippen molar-refractivity contribution in [1.29, 1.82) is 0 Å². The summed E-state index contributed by atoms with van der Waals surface area (Å²) < 4.78 is 44.0. The van der Waals surface area contributed by atoms with Gasteiger partial charge in [-0.15, -0.1) is 0 Å². The molecule has 0 bridgehead atoms. The van der Waals surface area contributed by atoms with Gasteiger partial charge in [0.1, 0.15) is 12.4 Å². The maximum atomic E-state index is 12.8. The van der Waals surface area contributed by atoms with Crippen LogP contribution in [0.15, 0.2) is 77.9 Å². The number of benzene rings is 3. The van der Waals surface area contributed by atoms with E-state index in [1.54, 1.807) is 24.3 Å². The van der Waals surface area contributed by atoms with Crippen LogP contribution in [0, 0.1) is 6.92 Å². The summed E-state index contributed by atoms with van der Waals surface area (Å²) in [5.41, 5.74) is 3.71. The first-order chi connectivity index (χ1) is 15.7. The minimum Gasteiger partial charge on any atom is -0.489 e. The highest BCUT2D eigenvalue weighted by molar-refractivity contribution is 6.39. The molecule has 0 unspecified atom stereocenters. The molecule has 0 saturated heterocycles. The molecule has 3 aromatic carbocycles. The first kappa shape index (κ1) is 23.5. The molecule has 2 amide bonds. The van der Waals surface area contributed by atoms with Crippen LogP contribution in [-0.4, -0.2) is 18.0 Å². The maximum absolute atomic E-state index is 12.8. The van der Waals surface area contributed by atoms with Gasteiger partial charge < -0.3 is 10.1 Å². The van der Waals surface area contributed by atoms with Crippen LogP contribution in [0.5, 0.6) is 5.75 Å². The third-order valence-electron chi connectivity index (χ3n) is 4.55. The molecule has 0 fully saturated rings. The highest BCUT2D eigenvalue weighted by Crippen LogP contribution is 2.30. The van der Waals surface area contributed by atoms with Crippen molar-refractivity contribution < 1.29 is 27.5 Å². The van der Waals surface area contributed by atoms with Crippen molar-refractivity contribution >= 4 is 23.7 Å². The molecule has 6 nitrogen and oxygen atoms in total. The van der Waals surface area contributed by atoms with Crippen molar-refractivity contribution in [3.63, 3.8) is 0 Å². The third-order valence-corrected chi connectivity index (χ3v) is 4.55. The zero-order chi connectivity index (χ0) is 23.8. The van der Waals surface area contributed by atoms with E-state index in [1.165, 1.54) is 12.3 Å². The van der Waals surface area contributed by atoms with Crippen LogP contribution in [-0.2, 0) is 22.4 Å². The fourth-order valence-electron chi connectivity index (χ4n) is 2.80. The molecular formula is C24H20F3N3O3. The molecule has 0 aromatic heterocycles. The fraction of sp³-hybridized carbons (Fsp3) is 0.125. The summed E-state index contributed by atoms with van der Waals surface area (Å²) in [7, 11) is 0. The summed E-state index contributed by atoms with van der Waals surface area (Å²) in [5, 5.41) is 5.82. The van der Waals surface area contributed by atoms with E-state index in [0.717, 1.165) is 29.3 Å². The average molecular weight is 455 g/mol. The van der Waals surface area contributed by atoms with E-state index in [0.29, 0.717) is 17.9 Å². The molecule has 3 aromatic rings. The molecule has 0 aliphatic carbocycles. The zero-order valence-electron chi connectivity index (χ0n) is 17.5. The topological polar surface area (TPSA) is 79.8 Å². The second kappa shape index (κ2) is 10.4. The lowest BCUT2D eigenvalue weighted by atomic mass is 10.1. The lowest BCUT2D eigenvalue weighted by Crippen LogP contribution is -2.32. The Kier molecular flexibility index (Phi) is 7.45. The Balaban J connectivity index is 1.54. The lowest BCUT2D eigenvalue weighted by molar-refractivity contribution is -0.137. The molecule has 0 spiro atoms. The van der Waals surface area contributed by atoms with Crippen LogP contribution >= 0.6 is 0 Å². The molecule has 0 atom stereocenters. The predicted octanol–water partition coefficient (Wildman–Crippen LogP) is 4.68. The Morgan fingerprint density at radius 1 is 0.970 bits per heavy atom. The molecule has 0 radical (unpaired) electrons. The first-order valence-electron chi connectivity index (χ1n) is 9.81. The number of nitrogens with one attached hydrogen (secondary N) is 2. The van der Waals surface area contributed by atoms with Crippen LogP contribution in [0.4, 0.5) is 18.9 Å². The van der Waals surface area contributed by atoms with E-state index < -0.39 is 23.6 Å². The minimum atomic E-state index is -4.56. The summed E-state index contributed by atoms with van der Waals surface area (Å²) in [6, 6.07) is 18.8. The number of anilines is 1. The van der Waals surface area contributed by atoms with Crippen LogP contribution < -0.4 is 15.5 Å². The molecule has 0 aliphatic rings. The Hall–Kier alpha value is -4.14. The van der Waals surface area contributed by atoms with E-state index in [1.807, 2.05) is 36.6 Å². The van der Waals surface area contributed by atoms with Crippen LogP contribution in [0.25, 0.3) is 0 Å². The molecule has 9 heteroatoms. The van der Waals surface area contributed by atoms with Gasteiger partial charge in [-0.2, -0.15) is 18.3 Å². The van der Waals surface area contributed by atoms with Gasteiger partial charge in [-0.3, -0.25) is 9.59 Å². The number of carbonyl (C=O) groups is 2. The van der Waals surface area contributed by atoms with Crippen LogP contribution in [0.1, 0.15) is 22.3 Å².